The van der Waals surface area contributed by atoms with E-state index in [1.54, 1.807) is 0 Å². The van der Waals surface area contributed by atoms with E-state index < -0.39 is 12.1 Å². The Labute approximate surface area is 168 Å². The van der Waals surface area contributed by atoms with Gasteiger partial charge in [0.05, 0.1) is 12.5 Å². The van der Waals surface area contributed by atoms with E-state index in [-0.39, 0.29) is 30.8 Å². The third-order valence-electron chi connectivity index (χ3n) is 4.11. The highest BCUT2D eigenvalue weighted by Crippen LogP contribution is 2.17. The molecule has 0 saturated heterocycles. The number of ether oxygens (including phenoxy) is 2. The van der Waals surface area contributed by atoms with Gasteiger partial charge in [-0.05, 0) is 42.7 Å². The van der Waals surface area contributed by atoms with Gasteiger partial charge in [0, 0.05) is 13.0 Å². The zero-order valence-corrected chi connectivity index (χ0v) is 17.6. The predicted octanol–water partition coefficient (Wildman–Crippen LogP) is 4.22. The number of hydrogen-bond donors (Lipinski definition) is 1. The Kier molecular flexibility index (Phi) is 10.3. The molecule has 0 heterocycles. The van der Waals surface area contributed by atoms with Crippen LogP contribution in [0.2, 0.25) is 0 Å². The fraction of sp³-hybridized carbons (Fsp3) is 0.591. The molecule has 1 aromatic rings. The van der Waals surface area contributed by atoms with Crippen molar-refractivity contribution in [1.29, 1.82) is 0 Å². The molecule has 28 heavy (non-hydrogen) atoms. The summed E-state index contributed by atoms with van der Waals surface area (Å²) in [6, 6.07) is 8.10. The second kappa shape index (κ2) is 12.2. The molecule has 6 heteroatoms. The number of hydrogen-bond acceptors (Lipinski definition) is 5. The van der Waals surface area contributed by atoms with Crippen molar-refractivity contribution in [3.8, 4) is 0 Å². The molecule has 0 aromatic heterocycles. The van der Waals surface area contributed by atoms with Crippen LogP contribution in [0.1, 0.15) is 64.5 Å². The van der Waals surface area contributed by atoms with Crippen LogP contribution in [0.5, 0.6) is 0 Å². The lowest BCUT2D eigenvalue weighted by Gasteiger charge is -2.13. The number of esters is 1. The monoisotopic (exact) mass is 391 g/mol. The first kappa shape index (κ1) is 23.7. The second-order valence-corrected chi connectivity index (χ2v) is 7.88. The van der Waals surface area contributed by atoms with Crippen molar-refractivity contribution in [2.45, 2.75) is 59.8 Å². The van der Waals surface area contributed by atoms with Gasteiger partial charge in [-0.15, -0.1) is 0 Å². The lowest BCUT2D eigenvalue weighted by atomic mass is 9.96. The van der Waals surface area contributed by atoms with Crippen LogP contribution in [0.25, 0.3) is 0 Å². The normalized spacial score (nSPS) is 12.0. The van der Waals surface area contributed by atoms with Crippen LogP contribution >= 0.6 is 0 Å². The largest absolute Gasteiger partial charge is 0.516 e. The Morgan fingerprint density at radius 2 is 1.61 bits per heavy atom. The van der Waals surface area contributed by atoms with Crippen molar-refractivity contribution >= 4 is 18.0 Å². The maximum absolute atomic E-state index is 12.3. The van der Waals surface area contributed by atoms with Gasteiger partial charge in [0.2, 0.25) is 5.91 Å². The number of benzene rings is 1. The van der Waals surface area contributed by atoms with Gasteiger partial charge in [0.25, 0.3) is 0 Å². The molecule has 6 nitrogen and oxygen atoms in total. The fourth-order valence-electron chi connectivity index (χ4n) is 2.57. The van der Waals surface area contributed by atoms with Crippen molar-refractivity contribution < 1.29 is 23.9 Å². The van der Waals surface area contributed by atoms with Crippen molar-refractivity contribution in [2.75, 3.05) is 13.2 Å². The summed E-state index contributed by atoms with van der Waals surface area (Å²) in [6.07, 6.45) is 0.469. The van der Waals surface area contributed by atoms with Gasteiger partial charge in [0.15, 0.2) is 0 Å². The first-order chi connectivity index (χ1) is 13.2. The summed E-state index contributed by atoms with van der Waals surface area (Å²) in [5.74, 6) is -0.259. The zero-order chi connectivity index (χ0) is 21.1. The summed E-state index contributed by atoms with van der Waals surface area (Å²) >= 11 is 0. The Hall–Kier alpha value is -2.37. The molecule has 1 aromatic carbocycles. The Balaban J connectivity index is 2.30. The molecular weight excluding hydrogens is 358 g/mol. The first-order valence-electron chi connectivity index (χ1n) is 9.93. The van der Waals surface area contributed by atoms with Crippen molar-refractivity contribution in [3.63, 3.8) is 0 Å². The summed E-state index contributed by atoms with van der Waals surface area (Å²) in [5, 5.41) is 2.81. The Morgan fingerprint density at radius 1 is 0.964 bits per heavy atom. The van der Waals surface area contributed by atoms with Crippen LogP contribution in [-0.4, -0.2) is 31.2 Å². The molecule has 1 atom stereocenters. The number of amides is 1. The molecular formula is C22H33NO5. The highest BCUT2D eigenvalue weighted by atomic mass is 16.7. The van der Waals surface area contributed by atoms with Gasteiger partial charge >= 0.3 is 12.1 Å². The van der Waals surface area contributed by atoms with Crippen molar-refractivity contribution in [3.05, 3.63) is 35.4 Å². The highest BCUT2D eigenvalue weighted by molar-refractivity contribution is 5.83. The predicted molar refractivity (Wildman–Crippen MR) is 108 cm³/mol. The van der Waals surface area contributed by atoms with Crippen LogP contribution in [0.4, 0.5) is 4.79 Å². The van der Waals surface area contributed by atoms with Gasteiger partial charge in [-0.3, -0.25) is 9.59 Å². The topological polar surface area (TPSA) is 81.7 Å². The quantitative estimate of drug-likeness (QED) is 0.367. The maximum Gasteiger partial charge on any atom is 0.516 e. The second-order valence-electron chi connectivity index (χ2n) is 7.88. The summed E-state index contributed by atoms with van der Waals surface area (Å²) in [4.78, 5) is 35.1. The van der Waals surface area contributed by atoms with Gasteiger partial charge < -0.3 is 14.8 Å². The number of rotatable bonds is 10. The molecule has 0 aliphatic carbocycles. The van der Waals surface area contributed by atoms with Gasteiger partial charge in [-0.1, -0.05) is 52.0 Å². The van der Waals surface area contributed by atoms with E-state index in [0.717, 1.165) is 12.0 Å². The van der Waals surface area contributed by atoms with Gasteiger partial charge in [-0.25, -0.2) is 4.79 Å². The van der Waals surface area contributed by atoms with E-state index in [2.05, 4.69) is 36.0 Å². The van der Waals surface area contributed by atoms with Crippen LogP contribution in [0, 0.1) is 11.8 Å². The third kappa shape index (κ3) is 9.53. The maximum atomic E-state index is 12.3. The summed E-state index contributed by atoms with van der Waals surface area (Å²) in [6.45, 7) is 10.5. The van der Waals surface area contributed by atoms with Crippen LogP contribution < -0.4 is 5.32 Å². The van der Waals surface area contributed by atoms with E-state index in [1.807, 2.05) is 32.9 Å². The molecule has 156 valence electrons. The minimum atomic E-state index is -0.975. The van der Waals surface area contributed by atoms with E-state index in [0.29, 0.717) is 18.9 Å². The van der Waals surface area contributed by atoms with E-state index in [9.17, 15) is 14.4 Å². The minimum absolute atomic E-state index is 0.0370. The SMILES string of the molecule is CC(C)COC(=O)OC(=O)CCCNC(=O)C(C)c1ccc(CC(C)C)cc1. The third-order valence-corrected chi connectivity index (χ3v) is 4.11. The van der Waals surface area contributed by atoms with Crippen molar-refractivity contribution in [1.82, 2.24) is 5.32 Å². The molecule has 0 fully saturated rings. The summed E-state index contributed by atoms with van der Waals surface area (Å²) in [7, 11) is 0. The van der Waals surface area contributed by atoms with E-state index >= 15 is 0 Å². The molecule has 0 bridgehead atoms. The molecule has 0 radical (unpaired) electrons. The summed E-state index contributed by atoms with van der Waals surface area (Å²) < 4.78 is 9.33. The molecule has 1 N–H and O–H groups in total. The molecule has 1 amide bonds. The first-order valence-corrected chi connectivity index (χ1v) is 9.93. The van der Waals surface area contributed by atoms with Crippen molar-refractivity contribution in [2.24, 2.45) is 11.8 Å². The lowest BCUT2D eigenvalue weighted by Crippen LogP contribution is -2.29. The molecule has 1 rings (SSSR count). The van der Waals surface area contributed by atoms with Crippen LogP contribution in [-0.2, 0) is 25.5 Å². The molecule has 0 spiro atoms. The number of carbonyl (C=O) groups is 3. The molecule has 0 saturated carbocycles. The van der Waals surface area contributed by atoms with Gasteiger partial charge in [0.1, 0.15) is 0 Å². The smallest absolute Gasteiger partial charge is 0.434 e. The Morgan fingerprint density at radius 3 is 2.18 bits per heavy atom. The fourth-order valence-corrected chi connectivity index (χ4v) is 2.57. The van der Waals surface area contributed by atoms with E-state index in [1.165, 1.54) is 5.56 Å². The Bertz CT molecular complexity index is 637. The number of nitrogens with one attached hydrogen (secondary N) is 1. The molecule has 0 aliphatic heterocycles. The van der Waals surface area contributed by atoms with Crippen LogP contribution in [0.3, 0.4) is 0 Å². The van der Waals surface area contributed by atoms with E-state index in [4.69, 9.17) is 4.74 Å². The molecule has 0 aliphatic rings. The molecule has 1 unspecified atom stereocenters. The zero-order valence-electron chi connectivity index (χ0n) is 17.6. The highest BCUT2D eigenvalue weighted by Gasteiger charge is 2.16. The average Bonchev–Trinajstić information content (AvgIpc) is 2.63. The lowest BCUT2D eigenvalue weighted by molar-refractivity contribution is -0.140. The number of carbonyl (C=O) groups excluding carboxylic acids is 3. The van der Waals surface area contributed by atoms with Gasteiger partial charge in [-0.2, -0.15) is 0 Å². The summed E-state index contributed by atoms with van der Waals surface area (Å²) in [5.41, 5.74) is 2.22. The average molecular weight is 392 g/mol. The standard InChI is InChI=1S/C22H33NO5/c1-15(2)13-18-8-10-19(11-9-18)17(5)21(25)23-12-6-7-20(24)28-22(26)27-14-16(3)4/h8-11,15-17H,6-7,12-14H2,1-5H3,(H,23,25). The van der Waals surface area contributed by atoms with Crippen LogP contribution in [0.15, 0.2) is 24.3 Å². The minimum Gasteiger partial charge on any atom is -0.434 e.